The molecule has 1 aliphatic heterocycles. The fourth-order valence-corrected chi connectivity index (χ4v) is 4.28. The van der Waals surface area contributed by atoms with Crippen LogP contribution in [0.4, 0.5) is 5.69 Å². The molecule has 0 amide bonds. The van der Waals surface area contributed by atoms with Crippen LogP contribution in [0.3, 0.4) is 0 Å². The molecule has 1 fully saturated rings. The number of fused-ring (bicyclic) bond motifs is 1. The van der Waals surface area contributed by atoms with E-state index in [9.17, 15) is 4.79 Å². The number of aromatic nitrogens is 1. The number of hydrogen-bond acceptors (Lipinski definition) is 3. The number of nitrogens with zero attached hydrogens (tertiary/aromatic N) is 1. The third-order valence-electron chi connectivity index (χ3n) is 5.76. The van der Waals surface area contributed by atoms with Crippen LogP contribution in [0, 0.1) is 6.92 Å². The first-order chi connectivity index (χ1) is 15.0. The lowest BCUT2D eigenvalue weighted by molar-refractivity contribution is 0.0904. The molecule has 0 bridgehead atoms. The Hall–Kier alpha value is -2.70. The highest BCUT2D eigenvalue weighted by molar-refractivity contribution is 7.80. The molecule has 0 unspecified atom stereocenters. The second kappa shape index (κ2) is 9.62. The summed E-state index contributed by atoms with van der Waals surface area (Å²) >= 11 is 5.76. The zero-order valence-corrected chi connectivity index (χ0v) is 18.9. The van der Waals surface area contributed by atoms with Crippen molar-refractivity contribution in [2.24, 2.45) is 0 Å². The van der Waals surface area contributed by atoms with E-state index in [0.29, 0.717) is 23.8 Å². The molecule has 4 rings (SSSR count). The van der Waals surface area contributed by atoms with Gasteiger partial charge in [-0.2, -0.15) is 0 Å². The second-order valence-corrected chi connectivity index (χ2v) is 8.60. The second-order valence-electron chi connectivity index (χ2n) is 8.21. The van der Waals surface area contributed by atoms with Gasteiger partial charge in [-0.3, -0.25) is 4.79 Å². The van der Waals surface area contributed by atoms with E-state index < -0.39 is 0 Å². The Balaban J connectivity index is 1.61. The van der Waals surface area contributed by atoms with E-state index in [1.807, 2.05) is 29.2 Å². The molecular weight excluding hydrogens is 406 g/mol. The van der Waals surface area contributed by atoms with Crippen molar-refractivity contribution in [2.45, 2.75) is 45.8 Å². The maximum Gasteiger partial charge on any atom is 0.253 e. The van der Waals surface area contributed by atoms with Gasteiger partial charge in [0.15, 0.2) is 5.11 Å². The van der Waals surface area contributed by atoms with Crippen LogP contribution in [0.15, 0.2) is 53.3 Å². The van der Waals surface area contributed by atoms with Gasteiger partial charge in [0, 0.05) is 29.9 Å². The normalized spacial score (nSPS) is 15.9. The highest BCUT2D eigenvalue weighted by atomic mass is 32.1. The highest BCUT2D eigenvalue weighted by Crippen LogP contribution is 2.19. The molecule has 6 heteroatoms. The van der Waals surface area contributed by atoms with E-state index >= 15 is 0 Å². The lowest BCUT2D eigenvalue weighted by atomic mass is 10.1. The molecule has 3 aromatic rings. The summed E-state index contributed by atoms with van der Waals surface area (Å²) in [6.45, 7) is 6.06. The minimum Gasteiger partial charge on any atom is -0.376 e. The van der Waals surface area contributed by atoms with Crippen LogP contribution >= 0.6 is 12.2 Å². The van der Waals surface area contributed by atoms with Gasteiger partial charge in [0.05, 0.1) is 12.6 Å². The summed E-state index contributed by atoms with van der Waals surface area (Å²) < 4.78 is 5.86. The predicted octanol–water partition coefficient (Wildman–Crippen LogP) is 4.78. The van der Waals surface area contributed by atoms with Crippen LogP contribution in [-0.2, 0) is 17.7 Å². The molecule has 1 atom stereocenters. The minimum absolute atomic E-state index is 0.0764. The van der Waals surface area contributed by atoms with E-state index in [1.165, 1.54) is 5.56 Å². The van der Waals surface area contributed by atoms with Gasteiger partial charge in [-0.25, -0.2) is 0 Å². The third kappa shape index (κ3) is 5.32. The van der Waals surface area contributed by atoms with Gasteiger partial charge in [-0.15, -0.1) is 0 Å². The van der Waals surface area contributed by atoms with E-state index in [-0.39, 0.29) is 11.7 Å². The van der Waals surface area contributed by atoms with Crippen molar-refractivity contribution in [3.05, 3.63) is 75.6 Å². The summed E-state index contributed by atoms with van der Waals surface area (Å²) in [5, 5.41) is 4.99. The average Bonchev–Trinajstić information content (AvgIpc) is 3.26. The van der Waals surface area contributed by atoms with Crippen molar-refractivity contribution in [2.75, 3.05) is 18.5 Å². The number of anilines is 1. The number of ether oxygens (including phenoxy) is 1. The van der Waals surface area contributed by atoms with Gasteiger partial charge in [0.25, 0.3) is 5.56 Å². The molecule has 0 spiro atoms. The lowest BCUT2D eigenvalue weighted by Crippen LogP contribution is -2.40. The summed E-state index contributed by atoms with van der Waals surface area (Å²) in [5.41, 5.74) is 4.84. The van der Waals surface area contributed by atoms with Gasteiger partial charge in [-0.1, -0.05) is 25.1 Å². The molecular formula is C25H29N3O2S. The smallest absolute Gasteiger partial charge is 0.253 e. The summed E-state index contributed by atoms with van der Waals surface area (Å²) in [5.74, 6) is 0. The van der Waals surface area contributed by atoms with Crippen LogP contribution in [0.5, 0.6) is 0 Å². The summed E-state index contributed by atoms with van der Waals surface area (Å²) in [7, 11) is 0. The Bertz CT molecular complexity index is 1140. The van der Waals surface area contributed by atoms with Crippen molar-refractivity contribution < 1.29 is 4.74 Å². The van der Waals surface area contributed by atoms with E-state index in [1.54, 1.807) is 0 Å². The topological polar surface area (TPSA) is 57.4 Å². The molecule has 1 aliphatic rings. The van der Waals surface area contributed by atoms with Crippen molar-refractivity contribution in [1.29, 1.82) is 0 Å². The molecule has 0 saturated carbocycles. The van der Waals surface area contributed by atoms with Gasteiger partial charge in [0.2, 0.25) is 0 Å². The largest absolute Gasteiger partial charge is 0.376 e. The number of nitrogens with one attached hydrogen (secondary N) is 2. The number of pyridine rings is 1. The molecule has 5 nitrogen and oxygen atoms in total. The van der Waals surface area contributed by atoms with Crippen LogP contribution in [0.2, 0.25) is 0 Å². The van der Waals surface area contributed by atoms with Crippen molar-refractivity contribution >= 4 is 33.9 Å². The molecule has 2 heterocycles. The maximum atomic E-state index is 12.8. The van der Waals surface area contributed by atoms with Gasteiger partial charge >= 0.3 is 0 Å². The van der Waals surface area contributed by atoms with E-state index in [4.69, 9.17) is 17.0 Å². The number of hydrogen-bond donors (Lipinski definition) is 2. The number of thiocarbonyl (C=S) groups is 1. The van der Waals surface area contributed by atoms with Crippen LogP contribution in [0.1, 0.15) is 36.5 Å². The van der Waals surface area contributed by atoms with Crippen molar-refractivity contribution in [3.63, 3.8) is 0 Å². The van der Waals surface area contributed by atoms with Gasteiger partial charge in [0.1, 0.15) is 0 Å². The summed E-state index contributed by atoms with van der Waals surface area (Å²) in [6, 6.07) is 16.3. The Labute approximate surface area is 188 Å². The molecule has 31 heavy (non-hydrogen) atoms. The number of benzene rings is 2. The molecule has 0 radical (unpaired) electrons. The van der Waals surface area contributed by atoms with Crippen LogP contribution < -0.4 is 10.9 Å². The standard InChI is InChI=1S/C25H29N3O2S/c1-3-18-9-10-23-19(13-18)14-20(24(29)27-23)15-28(16-22-8-5-11-30-22)25(31)26-21-7-4-6-17(2)12-21/h4,6-7,9-10,12-14,22H,3,5,8,11,15-16H2,1-2H3,(H,26,31)(H,27,29)/t22-/m1/s1. The Kier molecular flexibility index (Phi) is 6.68. The summed E-state index contributed by atoms with van der Waals surface area (Å²) in [6.07, 6.45) is 3.16. The van der Waals surface area contributed by atoms with E-state index in [0.717, 1.165) is 48.0 Å². The molecule has 2 aromatic carbocycles. The van der Waals surface area contributed by atoms with Gasteiger partial charge < -0.3 is 19.9 Å². The zero-order valence-electron chi connectivity index (χ0n) is 18.1. The first-order valence-electron chi connectivity index (χ1n) is 10.9. The maximum absolute atomic E-state index is 12.8. The molecule has 0 aliphatic carbocycles. The third-order valence-corrected chi connectivity index (χ3v) is 6.12. The first-order valence-corrected chi connectivity index (χ1v) is 11.3. The fourth-order valence-electron chi connectivity index (χ4n) is 4.02. The Morgan fingerprint density at radius 1 is 1.26 bits per heavy atom. The van der Waals surface area contributed by atoms with Crippen molar-refractivity contribution in [3.8, 4) is 0 Å². The molecule has 162 valence electrons. The zero-order chi connectivity index (χ0) is 21.8. The minimum atomic E-state index is -0.0764. The number of H-pyrrole nitrogens is 1. The Morgan fingerprint density at radius 3 is 2.87 bits per heavy atom. The monoisotopic (exact) mass is 435 g/mol. The average molecular weight is 436 g/mol. The Morgan fingerprint density at radius 2 is 2.13 bits per heavy atom. The molecule has 1 aromatic heterocycles. The predicted molar refractivity (Wildman–Crippen MR) is 131 cm³/mol. The lowest BCUT2D eigenvalue weighted by Gasteiger charge is -2.28. The quantitative estimate of drug-likeness (QED) is 0.546. The summed E-state index contributed by atoms with van der Waals surface area (Å²) in [4.78, 5) is 17.9. The number of aryl methyl sites for hydroxylation is 2. The molecule has 2 N–H and O–H groups in total. The highest BCUT2D eigenvalue weighted by Gasteiger charge is 2.22. The number of rotatable bonds is 6. The first kappa shape index (κ1) is 21.5. The van der Waals surface area contributed by atoms with Crippen LogP contribution in [0.25, 0.3) is 10.9 Å². The van der Waals surface area contributed by atoms with Crippen LogP contribution in [-0.4, -0.2) is 34.3 Å². The fraction of sp³-hybridized carbons (Fsp3) is 0.360. The number of aromatic amines is 1. The van der Waals surface area contributed by atoms with Gasteiger partial charge in [-0.05, 0) is 85.2 Å². The molecule has 1 saturated heterocycles. The SMILES string of the molecule is CCc1ccc2[nH]c(=O)c(CN(C[C@H]3CCCO3)C(=S)Nc3cccc(C)c3)cc2c1. The van der Waals surface area contributed by atoms with E-state index in [2.05, 4.69) is 48.4 Å². The van der Waals surface area contributed by atoms with Crippen molar-refractivity contribution in [1.82, 2.24) is 9.88 Å².